The minimum Gasteiger partial charge on any atom is -0.458 e. The molecule has 0 aromatic heterocycles. The van der Waals surface area contributed by atoms with Crippen LogP contribution in [0.1, 0.15) is 72.6 Å². The molecule has 0 amide bonds. The second-order valence-electron chi connectivity index (χ2n) is 9.70. The van der Waals surface area contributed by atoms with Crippen LogP contribution in [0.5, 0.6) is 0 Å². The normalized spacial score (nSPS) is 40.2. The maximum atomic E-state index is 12.1. The number of allylic oxidation sites excluding steroid dienone is 1. The van der Waals surface area contributed by atoms with Crippen molar-refractivity contribution in [1.82, 2.24) is 0 Å². The van der Waals surface area contributed by atoms with Gasteiger partial charge in [-0.25, -0.2) is 4.79 Å². The van der Waals surface area contributed by atoms with E-state index in [0.29, 0.717) is 22.8 Å². The van der Waals surface area contributed by atoms with Crippen molar-refractivity contribution in [3.8, 4) is 0 Å². The third-order valence-corrected chi connectivity index (χ3v) is 8.20. The third-order valence-electron chi connectivity index (χ3n) is 7.61. The maximum absolute atomic E-state index is 12.1. The van der Waals surface area contributed by atoms with Gasteiger partial charge in [0.2, 0.25) is 0 Å². The number of fused-ring (bicyclic) bond motifs is 1. The molecule has 26 heavy (non-hydrogen) atoms. The van der Waals surface area contributed by atoms with Gasteiger partial charge >= 0.3 is 5.97 Å². The summed E-state index contributed by atoms with van der Waals surface area (Å²) in [6, 6.07) is 0. The third kappa shape index (κ3) is 3.57. The summed E-state index contributed by atoms with van der Waals surface area (Å²) in [6.07, 6.45) is 8.54. The summed E-state index contributed by atoms with van der Waals surface area (Å²) in [7, 11) is 0. The smallest absolute Gasteiger partial charge is 0.334 e. The van der Waals surface area contributed by atoms with Crippen LogP contribution in [-0.4, -0.2) is 12.1 Å². The van der Waals surface area contributed by atoms with Gasteiger partial charge in [0.15, 0.2) is 0 Å². The molecule has 1 heterocycles. The first-order chi connectivity index (χ1) is 12.3. The summed E-state index contributed by atoms with van der Waals surface area (Å²) in [5.41, 5.74) is 2.73. The van der Waals surface area contributed by atoms with Crippen molar-refractivity contribution in [1.29, 1.82) is 0 Å². The molecule has 3 fully saturated rings. The zero-order chi connectivity index (χ0) is 19.1. The predicted molar refractivity (Wildman–Crippen MR) is 111 cm³/mol. The summed E-state index contributed by atoms with van der Waals surface area (Å²) in [4.78, 5) is 14.3. The largest absolute Gasteiger partial charge is 0.458 e. The van der Waals surface area contributed by atoms with Gasteiger partial charge in [-0.05, 0) is 79.0 Å². The number of cyclic esters (lactones) is 1. The van der Waals surface area contributed by atoms with Crippen molar-refractivity contribution in [2.45, 2.75) is 78.7 Å². The van der Waals surface area contributed by atoms with Crippen LogP contribution in [0.25, 0.3) is 0 Å². The number of hydrogen-bond donors (Lipinski definition) is 0. The molecule has 1 saturated heterocycles. The lowest BCUT2D eigenvalue weighted by molar-refractivity contribution is -0.140. The summed E-state index contributed by atoms with van der Waals surface area (Å²) in [5, 5.41) is 0. The second kappa shape index (κ2) is 7.81. The fraction of sp³-hybridized carbons (Fsp3) is 0.783. The average molecular weight is 423 g/mol. The van der Waals surface area contributed by atoms with Crippen LogP contribution < -0.4 is 0 Å². The molecule has 3 rings (SSSR count). The van der Waals surface area contributed by atoms with Gasteiger partial charge in [-0.1, -0.05) is 55.8 Å². The molecule has 3 heteroatoms. The van der Waals surface area contributed by atoms with Gasteiger partial charge in [0.25, 0.3) is 0 Å². The molecule has 2 saturated carbocycles. The van der Waals surface area contributed by atoms with Crippen molar-refractivity contribution in [2.24, 2.45) is 35.0 Å². The van der Waals surface area contributed by atoms with Crippen molar-refractivity contribution in [3.63, 3.8) is 0 Å². The highest BCUT2D eigenvalue weighted by molar-refractivity contribution is 9.11. The Morgan fingerprint density at radius 1 is 1.31 bits per heavy atom. The van der Waals surface area contributed by atoms with E-state index < -0.39 is 0 Å². The van der Waals surface area contributed by atoms with Gasteiger partial charge in [-0.3, -0.25) is 0 Å². The van der Waals surface area contributed by atoms with E-state index in [4.69, 9.17) is 4.74 Å². The molecule has 0 spiro atoms. The molecular weight excluding hydrogens is 388 g/mol. The minimum atomic E-state index is -0.162. The van der Waals surface area contributed by atoms with Crippen molar-refractivity contribution in [3.05, 3.63) is 22.7 Å². The Kier molecular flexibility index (Phi) is 6.06. The van der Waals surface area contributed by atoms with E-state index in [1.807, 2.05) is 0 Å². The molecule has 3 aliphatic rings. The first-order valence-corrected chi connectivity index (χ1v) is 11.4. The van der Waals surface area contributed by atoms with Gasteiger partial charge in [-0.15, -0.1) is 0 Å². The number of halogens is 1. The molecule has 146 valence electrons. The highest BCUT2D eigenvalue weighted by Crippen LogP contribution is 2.60. The van der Waals surface area contributed by atoms with Gasteiger partial charge in [-0.2, -0.15) is 0 Å². The zero-order valence-electron chi connectivity index (χ0n) is 16.9. The van der Waals surface area contributed by atoms with Crippen LogP contribution >= 0.6 is 15.9 Å². The Balaban J connectivity index is 1.72. The van der Waals surface area contributed by atoms with Crippen LogP contribution in [0.3, 0.4) is 0 Å². The Morgan fingerprint density at radius 3 is 2.69 bits per heavy atom. The van der Waals surface area contributed by atoms with Gasteiger partial charge < -0.3 is 4.74 Å². The Morgan fingerprint density at radius 2 is 2.04 bits per heavy atom. The Hall–Kier alpha value is -0.570. The average Bonchev–Trinajstić information content (AvgIpc) is 3.06. The van der Waals surface area contributed by atoms with E-state index in [9.17, 15) is 4.79 Å². The lowest BCUT2D eigenvalue weighted by Crippen LogP contribution is -2.37. The Bertz CT molecular complexity index is 593. The summed E-state index contributed by atoms with van der Waals surface area (Å²) in [6.45, 7) is 13.4. The Labute approximate surface area is 168 Å². The molecule has 0 aromatic rings. The molecule has 6 atom stereocenters. The van der Waals surface area contributed by atoms with E-state index in [1.165, 1.54) is 32.1 Å². The molecule has 0 radical (unpaired) electrons. The van der Waals surface area contributed by atoms with E-state index >= 15 is 0 Å². The lowest BCUT2D eigenvalue weighted by Gasteiger charge is -2.44. The molecular formula is C23H35BrO2. The standard InChI is InChI=1S/C23H35BrO2/c1-14(2)11-18-16(4)22(25)26-21(18)12-15(3)19-8-9-20-17(13-24)7-6-10-23(19,20)5/h13-15,18-21H,4,6-12H2,1-3,5H3/t15-,18-,19-,20+,21-,23-/m1/s1. The fourth-order valence-corrected chi connectivity index (χ4v) is 6.91. The van der Waals surface area contributed by atoms with Crippen LogP contribution in [0.15, 0.2) is 22.7 Å². The van der Waals surface area contributed by atoms with Crippen molar-refractivity contribution < 1.29 is 9.53 Å². The van der Waals surface area contributed by atoms with Crippen molar-refractivity contribution in [2.75, 3.05) is 0 Å². The van der Waals surface area contributed by atoms with Gasteiger partial charge in [0, 0.05) is 11.5 Å². The first-order valence-electron chi connectivity index (χ1n) is 10.5. The molecule has 2 nitrogen and oxygen atoms in total. The quantitative estimate of drug-likeness (QED) is 0.365. The molecule has 0 unspecified atom stereocenters. The summed E-state index contributed by atoms with van der Waals surface area (Å²) < 4.78 is 5.77. The fourth-order valence-electron chi connectivity index (χ4n) is 6.36. The molecule has 0 N–H and O–H groups in total. The van der Waals surface area contributed by atoms with Crippen LogP contribution in [0, 0.1) is 35.0 Å². The van der Waals surface area contributed by atoms with Crippen LogP contribution in [-0.2, 0) is 9.53 Å². The summed E-state index contributed by atoms with van der Waals surface area (Å²) >= 11 is 3.61. The highest BCUT2D eigenvalue weighted by atomic mass is 79.9. The predicted octanol–water partition coefficient (Wildman–Crippen LogP) is 6.65. The van der Waals surface area contributed by atoms with Crippen LogP contribution in [0.2, 0.25) is 0 Å². The number of hydrogen-bond acceptors (Lipinski definition) is 2. The number of esters is 1. The maximum Gasteiger partial charge on any atom is 0.334 e. The minimum absolute atomic E-state index is 0.0322. The molecule has 2 aliphatic carbocycles. The number of carbonyl (C=O) groups excluding carboxylic acids is 1. The molecule has 0 aromatic carbocycles. The summed E-state index contributed by atoms with van der Waals surface area (Å²) in [5.74, 6) is 2.64. The zero-order valence-corrected chi connectivity index (χ0v) is 18.5. The van der Waals surface area contributed by atoms with Gasteiger partial charge in [0.05, 0.1) is 0 Å². The van der Waals surface area contributed by atoms with E-state index in [1.54, 1.807) is 5.57 Å². The van der Waals surface area contributed by atoms with Gasteiger partial charge in [0.1, 0.15) is 6.10 Å². The number of carbonyl (C=O) groups is 1. The van der Waals surface area contributed by atoms with E-state index in [-0.39, 0.29) is 18.0 Å². The number of ether oxygens (including phenoxy) is 1. The number of rotatable bonds is 5. The first kappa shape index (κ1) is 20.2. The SMILES string of the molecule is C=C1C(=O)O[C@H](C[C@@H](C)[C@H]2CC[C@H]3C(=CBr)CCC[C@]23C)[C@@H]1CC(C)C. The second-order valence-corrected chi connectivity index (χ2v) is 10.2. The van der Waals surface area contributed by atoms with Crippen molar-refractivity contribution >= 4 is 21.9 Å². The highest BCUT2D eigenvalue weighted by Gasteiger charge is 2.51. The van der Waals surface area contributed by atoms with Crippen LogP contribution in [0.4, 0.5) is 0 Å². The molecule has 1 aliphatic heterocycles. The lowest BCUT2D eigenvalue weighted by atomic mass is 9.61. The van der Waals surface area contributed by atoms with E-state index in [2.05, 4.69) is 55.2 Å². The monoisotopic (exact) mass is 422 g/mol. The van der Waals surface area contributed by atoms with E-state index in [0.717, 1.165) is 24.7 Å². The molecule has 0 bridgehead atoms. The topological polar surface area (TPSA) is 26.3 Å².